The number of hydrogen-bond donors (Lipinski definition) is 0. The molecule has 2 rings (SSSR count). The molecule has 105 valence electrons. The van der Waals surface area contributed by atoms with E-state index in [-0.39, 0.29) is 11.8 Å². The van der Waals surface area contributed by atoms with Gasteiger partial charge in [-0.25, -0.2) is 4.79 Å². The van der Waals surface area contributed by atoms with Gasteiger partial charge in [-0.05, 0) is 19.3 Å². The van der Waals surface area contributed by atoms with Crippen molar-refractivity contribution in [3.05, 3.63) is 0 Å². The molecule has 1 spiro atoms. The summed E-state index contributed by atoms with van der Waals surface area (Å²) in [5.74, 6) is -0.200. The number of likely N-dealkylation sites (N-methyl/N-ethyl adjacent to an activating group) is 1. The number of hydrogen-bond acceptors (Lipinski definition) is 3. The zero-order valence-electron chi connectivity index (χ0n) is 11.5. The Labute approximate surface area is 113 Å². The Bertz CT molecular complexity index is 400. The lowest BCUT2D eigenvalue weighted by atomic mass is 9.86. The zero-order chi connectivity index (χ0) is 14.0. The van der Waals surface area contributed by atoms with Gasteiger partial charge in [0.1, 0.15) is 5.54 Å². The van der Waals surface area contributed by atoms with Crippen molar-refractivity contribution in [3.8, 4) is 0 Å². The van der Waals surface area contributed by atoms with Gasteiger partial charge < -0.3 is 9.80 Å². The molecule has 0 N–H and O–H groups in total. The van der Waals surface area contributed by atoms with E-state index >= 15 is 0 Å². The lowest BCUT2D eigenvalue weighted by Crippen LogP contribution is -2.56. The number of nitrogens with zero attached hydrogens (tertiary/aromatic N) is 3. The maximum Gasteiger partial charge on any atom is 0.347 e. The molecule has 19 heavy (non-hydrogen) atoms. The highest BCUT2D eigenvalue weighted by molar-refractivity contribution is 6.06. The van der Waals surface area contributed by atoms with Crippen molar-refractivity contribution in [2.24, 2.45) is 0 Å². The fourth-order valence-electron chi connectivity index (χ4n) is 2.75. The van der Waals surface area contributed by atoms with Crippen LogP contribution >= 0.6 is 0 Å². The molecule has 2 aliphatic heterocycles. The predicted molar refractivity (Wildman–Crippen MR) is 68.4 cm³/mol. The molecule has 0 aliphatic carbocycles. The number of carbonyl (C=O) groups excluding carboxylic acids is 3. The van der Waals surface area contributed by atoms with Crippen LogP contribution in [-0.4, -0.2) is 53.3 Å². The number of amides is 4. The summed E-state index contributed by atoms with van der Waals surface area (Å²) in [6.07, 6.45) is 3.45. The van der Waals surface area contributed by atoms with Crippen LogP contribution in [0.25, 0.3) is 0 Å². The Balaban J connectivity index is 1.97. The Hall–Kier alpha value is -1.59. The summed E-state index contributed by atoms with van der Waals surface area (Å²) in [4.78, 5) is 38.5. The molecular formula is C13H20N3O3. The van der Waals surface area contributed by atoms with E-state index in [1.165, 1.54) is 4.90 Å². The van der Waals surface area contributed by atoms with Gasteiger partial charge in [-0.15, -0.1) is 0 Å². The standard InChI is InChI=1S/C13H20N3O3/c1-3-4-5-10(17)16-8-6-13(7-9-16)11(18)14-12(19)15(13)2/h3-9H2,1-2H3. The van der Waals surface area contributed by atoms with Gasteiger partial charge in [-0.1, -0.05) is 13.3 Å². The first kappa shape index (κ1) is 13.8. The van der Waals surface area contributed by atoms with Gasteiger partial charge in [0.25, 0.3) is 5.91 Å². The highest BCUT2D eigenvalue weighted by Gasteiger charge is 2.53. The van der Waals surface area contributed by atoms with Crippen LogP contribution < -0.4 is 5.32 Å². The largest absolute Gasteiger partial charge is 0.347 e. The summed E-state index contributed by atoms with van der Waals surface area (Å²) in [6, 6.07) is -0.462. The molecule has 2 aliphatic rings. The molecule has 2 saturated heterocycles. The smallest absolute Gasteiger partial charge is 0.342 e. The molecule has 4 amide bonds. The van der Waals surface area contributed by atoms with Crippen molar-refractivity contribution in [3.63, 3.8) is 0 Å². The quantitative estimate of drug-likeness (QED) is 0.707. The predicted octanol–water partition coefficient (Wildman–Crippen LogP) is 0.734. The normalized spacial score (nSPS) is 22.0. The van der Waals surface area contributed by atoms with Crippen LogP contribution in [0.4, 0.5) is 4.79 Å². The highest BCUT2D eigenvalue weighted by atomic mass is 16.2. The van der Waals surface area contributed by atoms with Crippen LogP contribution in [-0.2, 0) is 9.59 Å². The van der Waals surface area contributed by atoms with E-state index in [1.54, 1.807) is 11.9 Å². The Morgan fingerprint density at radius 1 is 1.32 bits per heavy atom. The van der Waals surface area contributed by atoms with Gasteiger partial charge in [-0.2, -0.15) is 5.32 Å². The fraction of sp³-hybridized carbons (Fsp3) is 0.769. The first-order valence-electron chi connectivity index (χ1n) is 6.83. The molecule has 6 heteroatoms. The number of imide groups is 1. The van der Waals surface area contributed by atoms with Crippen LogP contribution in [0.1, 0.15) is 39.0 Å². The average Bonchev–Trinajstić information content (AvgIpc) is 2.61. The van der Waals surface area contributed by atoms with Crippen molar-refractivity contribution in [1.82, 2.24) is 15.1 Å². The number of piperidine rings is 1. The first-order valence-corrected chi connectivity index (χ1v) is 6.83. The van der Waals surface area contributed by atoms with Gasteiger partial charge in [0.05, 0.1) is 0 Å². The van der Waals surface area contributed by atoms with Crippen molar-refractivity contribution in [1.29, 1.82) is 0 Å². The third-order valence-corrected chi connectivity index (χ3v) is 4.21. The molecule has 0 atom stereocenters. The monoisotopic (exact) mass is 266 g/mol. The lowest BCUT2D eigenvalue weighted by molar-refractivity contribution is -0.137. The Kier molecular flexibility index (Phi) is 3.78. The van der Waals surface area contributed by atoms with Gasteiger partial charge in [0.15, 0.2) is 0 Å². The fourth-order valence-corrected chi connectivity index (χ4v) is 2.75. The van der Waals surface area contributed by atoms with Gasteiger partial charge >= 0.3 is 6.03 Å². The van der Waals surface area contributed by atoms with Crippen molar-refractivity contribution < 1.29 is 14.4 Å². The lowest BCUT2D eigenvalue weighted by Gasteiger charge is -2.40. The minimum atomic E-state index is -0.793. The number of rotatable bonds is 3. The second kappa shape index (κ2) is 5.19. The molecule has 0 unspecified atom stereocenters. The van der Waals surface area contributed by atoms with E-state index in [4.69, 9.17) is 0 Å². The second-order valence-electron chi connectivity index (χ2n) is 5.27. The summed E-state index contributed by atoms with van der Waals surface area (Å²) in [6.45, 7) is 3.11. The van der Waals surface area contributed by atoms with Gasteiger partial charge in [0, 0.05) is 26.6 Å². The van der Waals surface area contributed by atoms with Crippen molar-refractivity contribution in [2.45, 2.75) is 44.6 Å². The van der Waals surface area contributed by atoms with Crippen LogP contribution in [0.3, 0.4) is 0 Å². The maximum atomic E-state index is 11.9. The number of likely N-dealkylation sites (tertiary alicyclic amines) is 1. The summed E-state index contributed by atoms with van der Waals surface area (Å²) >= 11 is 0. The van der Waals surface area contributed by atoms with E-state index in [0.29, 0.717) is 32.4 Å². The zero-order valence-corrected chi connectivity index (χ0v) is 11.5. The molecule has 2 heterocycles. The van der Waals surface area contributed by atoms with Crippen LogP contribution in [0, 0.1) is 0 Å². The van der Waals surface area contributed by atoms with Gasteiger partial charge in [0.2, 0.25) is 5.91 Å². The number of carbonyl (C=O) groups is 3. The van der Waals surface area contributed by atoms with Crippen LogP contribution in [0.5, 0.6) is 0 Å². The molecule has 0 aromatic carbocycles. The summed E-state index contributed by atoms with van der Waals surface area (Å²) in [5.41, 5.74) is -0.793. The third-order valence-electron chi connectivity index (χ3n) is 4.21. The van der Waals surface area contributed by atoms with E-state index in [9.17, 15) is 14.4 Å². The van der Waals surface area contributed by atoms with Crippen LogP contribution in [0.2, 0.25) is 0 Å². The Morgan fingerprint density at radius 2 is 1.95 bits per heavy atom. The molecule has 0 aromatic heterocycles. The molecule has 2 fully saturated rings. The molecule has 1 radical (unpaired) electrons. The SMILES string of the molecule is CCCCC(=O)N1CCC2(CC1)C(=O)[N]C(=O)N2C. The Morgan fingerprint density at radius 3 is 2.42 bits per heavy atom. The van der Waals surface area contributed by atoms with Crippen LogP contribution in [0.15, 0.2) is 0 Å². The third kappa shape index (κ3) is 2.31. The minimum absolute atomic E-state index is 0.146. The van der Waals surface area contributed by atoms with E-state index in [2.05, 4.69) is 12.2 Å². The van der Waals surface area contributed by atoms with Gasteiger partial charge in [-0.3, -0.25) is 9.59 Å². The summed E-state index contributed by atoms with van der Waals surface area (Å²) in [5, 5.41) is 3.51. The summed E-state index contributed by atoms with van der Waals surface area (Å²) < 4.78 is 0. The minimum Gasteiger partial charge on any atom is -0.342 e. The molecule has 0 aromatic rings. The number of unbranched alkanes of at least 4 members (excludes halogenated alkanes) is 1. The average molecular weight is 266 g/mol. The molecule has 0 bridgehead atoms. The first-order chi connectivity index (χ1) is 9.01. The van der Waals surface area contributed by atoms with E-state index in [0.717, 1.165) is 12.8 Å². The molecular weight excluding hydrogens is 246 g/mol. The second-order valence-corrected chi connectivity index (χ2v) is 5.27. The van der Waals surface area contributed by atoms with Crippen molar-refractivity contribution >= 4 is 17.8 Å². The topological polar surface area (TPSA) is 71.8 Å². The molecule has 0 saturated carbocycles. The highest BCUT2D eigenvalue weighted by Crippen LogP contribution is 2.32. The molecule has 6 nitrogen and oxygen atoms in total. The van der Waals surface area contributed by atoms with Crippen molar-refractivity contribution in [2.75, 3.05) is 20.1 Å². The van der Waals surface area contributed by atoms with E-state index < -0.39 is 11.6 Å². The van der Waals surface area contributed by atoms with E-state index in [1.807, 2.05) is 0 Å². The summed E-state index contributed by atoms with van der Waals surface area (Å²) in [7, 11) is 1.62. The number of urea groups is 1. The maximum absolute atomic E-state index is 11.9.